The highest BCUT2D eigenvalue weighted by atomic mass is 79.9. The first-order valence-electron chi connectivity index (χ1n) is 27.4. The van der Waals surface area contributed by atoms with Crippen molar-refractivity contribution in [3.05, 3.63) is 93.9 Å². The largest absolute Gasteiger partial charge is 0.493 e. The molecule has 4 aromatic carbocycles. The Kier molecular flexibility index (Phi) is 13.3. The minimum Gasteiger partial charge on any atom is -0.493 e. The van der Waals surface area contributed by atoms with Crippen LogP contribution in [0.5, 0.6) is 23.0 Å². The topological polar surface area (TPSA) is 180 Å². The van der Waals surface area contributed by atoms with Crippen molar-refractivity contribution in [2.24, 2.45) is 11.8 Å². The number of rotatable bonds is 14. The second kappa shape index (κ2) is 25.4. The van der Waals surface area contributed by atoms with Crippen LogP contribution in [-0.2, 0) is 18.8 Å². The first-order chi connectivity index (χ1) is 37.6. The molecule has 67 heavy (non-hydrogen) atoms. The summed E-state index contributed by atoms with van der Waals surface area (Å²) >= 11 is 6.45. The molecule has 0 bridgehead atoms. The number of hydrogen-bond acceptors (Lipinski definition) is 16. The second-order valence-electron chi connectivity index (χ2n) is 14.6. The Balaban J connectivity index is 0.000000247. The van der Waals surface area contributed by atoms with Crippen LogP contribution in [0.3, 0.4) is 0 Å². The highest BCUT2D eigenvalue weighted by Gasteiger charge is 2.20. The predicted molar refractivity (Wildman–Crippen MR) is 263 cm³/mol. The Morgan fingerprint density at radius 1 is 0.687 bits per heavy atom. The minimum absolute atomic E-state index is 0. The highest BCUT2D eigenvalue weighted by Crippen LogP contribution is 2.37. The highest BCUT2D eigenvalue weighted by molar-refractivity contribution is 9.10. The fraction of sp³-hybridized carbons (Fsp3) is 0.391. The van der Waals surface area contributed by atoms with Crippen molar-refractivity contribution in [2.45, 2.75) is 33.1 Å². The molecule has 0 spiro atoms. The summed E-state index contributed by atoms with van der Waals surface area (Å²) in [7, 11) is -16.9. The summed E-state index contributed by atoms with van der Waals surface area (Å²) in [6.45, 7) is 1.31. The molecule has 2 aliphatic heterocycles. The molecular weight excluding hydrogens is 1020 g/mol. The Bertz CT molecular complexity index is 3210. The summed E-state index contributed by atoms with van der Waals surface area (Å²) in [6.07, 6.45) is 5.89. The smallest absolute Gasteiger partial charge is 0.399 e. The summed E-state index contributed by atoms with van der Waals surface area (Å²) in [4.78, 5) is 18.4. The van der Waals surface area contributed by atoms with Gasteiger partial charge in [0.05, 0.1) is 80.2 Å². The maximum absolute atomic E-state index is 14.4. The number of benzene rings is 4. The number of ether oxygens (including phenoxy) is 4. The number of nitrogens with one attached hydrogen (secondary N) is 3. The Labute approximate surface area is 428 Å². The van der Waals surface area contributed by atoms with E-state index in [0.717, 1.165) is 25.9 Å². The lowest BCUT2D eigenvalue weighted by atomic mass is 9.98. The summed E-state index contributed by atoms with van der Waals surface area (Å²) < 4.78 is 186. The van der Waals surface area contributed by atoms with Gasteiger partial charge in [0.25, 0.3) is 0 Å². The van der Waals surface area contributed by atoms with E-state index in [2.05, 4.69) is 76.1 Å². The first kappa shape index (κ1) is 35.1. The maximum atomic E-state index is 14.4. The quantitative estimate of drug-likeness (QED) is 0.0937. The molecule has 3 N–H and O–H groups in total. The average Bonchev–Trinajstić information content (AvgIpc) is 3.39. The first-order valence-corrected chi connectivity index (χ1v) is 22.8. The molecule has 0 unspecified atom stereocenters. The molecule has 0 radical (unpaired) electrons. The zero-order valence-corrected chi connectivity index (χ0v) is 38.6. The van der Waals surface area contributed by atoms with Crippen molar-refractivity contribution in [3.8, 4) is 23.0 Å². The molecule has 16 nitrogen and oxygen atoms in total. The summed E-state index contributed by atoms with van der Waals surface area (Å²) in [6, 6.07) is 15.3. The summed E-state index contributed by atoms with van der Waals surface area (Å²) in [5, 5.41) is 10.1. The van der Waals surface area contributed by atoms with Crippen molar-refractivity contribution < 1.29 is 65.1 Å². The SMILES string of the molecule is C.[2H]C([2H])([2H])OS(=O)(=O)OC([2H])([2H])[2H].[2H]C([2H])([2H])Oc1cc2c(Nc3ccc(Br)cc3F)ncnc2cc1OCC1CCN(C([2H])([2H])[2H])CC1.[2H]C([2H])([2H])Oc1cc2c(Nc3ccc(Br)cc3F)ncnc2cc1OCC1CCNCC1. The number of likely N-dealkylation sites (tertiary alicyclic amines) is 1. The van der Waals surface area contributed by atoms with E-state index in [4.69, 9.17) is 39.5 Å². The van der Waals surface area contributed by atoms with Gasteiger partial charge in [0, 0.05) is 36.0 Å². The van der Waals surface area contributed by atoms with Crippen LogP contribution in [0.4, 0.5) is 31.8 Å². The van der Waals surface area contributed by atoms with Gasteiger partial charge in [0.2, 0.25) is 0 Å². The Hall–Kier alpha value is -5.03. The molecule has 0 aliphatic carbocycles. The molecule has 0 amide bonds. The molecule has 2 fully saturated rings. The number of halogens is 4. The maximum Gasteiger partial charge on any atom is 0.399 e. The van der Waals surface area contributed by atoms with E-state index in [-0.39, 0.29) is 54.4 Å². The van der Waals surface area contributed by atoms with E-state index >= 15 is 0 Å². The number of hydrogen-bond donors (Lipinski definition) is 3. The van der Waals surface area contributed by atoms with Gasteiger partial charge < -0.3 is 39.8 Å². The minimum atomic E-state index is -5.02. The van der Waals surface area contributed by atoms with Gasteiger partial charge in [-0.25, -0.2) is 28.7 Å². The van der Waals surface area contributed by atoms with Crippen LogP contribution in [-0.4, -0.2) is 108 Å². The number of methoxy groups -OCH3 is 2. The van der Waals surface area contributed by atoms with Crippen LogP contribution in [0.15, 0.2) is 82.3 Å². The normalized spacial score (nSPS) is 18.7. The van der Waals surface area contributed by atoms with Gasteiger partial charge in [0.15, 0.2) is 23.0 Å². The van der Waals surface area contributed by atoms with Crippen LogP contribution in [0.2, 0.25) is 0 Å². The number of piperidine rings is 2. The van der Waals surface area contributed by atoms with Crippen LogP contribution >= 0.6 is 31.9 Å². The van der Waals surface area contributed by atoms with Crippen LogP contribution in [0.25, 0.3) is 21.8 Å². The third kappa shape index (κ3) is 15.0. The molecule has 21 heteroatoms. The van der Waals surface area contributed by atoms with Crippen molar-refractivity contribution in [2.75, 3.05) is 85.2 Å². The lowest BCUT2D eigenvalue weighted by Crippen LogP contribution is -2.32. The van der Waals surface area contributed by atoms with Crippen molar-refractivity contribution in [3.63, 3.8) is 0 Å². The number of anilines is 4. The zero-order valence-electron chi connectivity index (χ0n) is 49.6. The molecule has 0 saturated carbocycles. The molecule has 0 atom stereocenters. The molecule has 4 heterocycles. The summed E-state index contributed by atoms with van der Waals surface area (Å²) in [5.74, 6) is 0.599. The Morgan fingerprint density at radius 3 is 1.60 bits per heavy atom. The standard InChI is InChI=1S/C22H24BrFN4O2.C21H22BrFN4O2.C2H6O4S.CH4/c1-28-7-5-14(6-8-28)12-30-21-11-19-16(10-20(21)29-2)22(26-13-25-19)27-18-4-3-15(23)9-17(18)24;1-28-19-9-15-18(10-20(19)29-11-13-4-6-24-7-5-13)25-12-26-21(15)27-17-3-2-14(22)8-16(17)23;1-5-7(3,4)6-2;/h3-4,9-11,13-14H,5-8,12H2,1-2H3,(H,25,26,27);2-3,8-10,12-13,24H,4-7,11H2,1H3,(H,25,26,27);1-2H3;1H4/i1D3,2D3;1D3;1D3,2D3;. The van der Waals surface area contributed by atoms with Crippen molar-refractivity contribution in [1.29, 1.82) is 0 Å². The lowest BCUT2D eigenvalue weighted by Gasteiger charge is -2.28. The van der Waals surface area contributed by atoms with E-state index in [1.54, 1.807) is 36.4 Å². The molecular formula is C46H56Br2F2N8O8S. The van der Waals surface area contributed by atoms with E-state index in [9.17, 15) is 17.2 Å². The van der Waals surface area contributed by atoms with Crippen molar-refractivity contribution in [1.82, 2.24) is 30.2 Å². The van der Waals surface area contributed by atoms with E-state index < -0.39 is 57.2 Å². The number of nitrogens with zero attached hydrogens (tertiary/aromatic N) is 5. The van der Waals surface area contributed by atoms with Gasteiger partial charge in [-0.1, -0.05) is 39.3 Å². The van der Waals surface area contributed by atoms with E-state index in [0.29, 0.717) is 80.8 Å². The van der Waals surface area contributed by atoms with Gasteiger partial charge >= 0.3 is 10.4 Å². The molecule has 8 rings (SSSR count). The van der Waals surface area contributed by atoms with Gasteiger partial charge in [-0.3, -0.25) is 8.37 Å². The average molecular weight is 1090 g/mol. The van der Waals surface area contributed by atoms with Gasteiger partial charge in [-0.2, -0.15) is 8.42 Å². The molecule has 2 aromatic heterocycles. The predicted octanol–water partition coefficient (Wildman–Crippen LogP) is 9.83. The van der Waals surface area contributed by atoms with Crippen LogP contribution in [0.1, 0.15) is 53.7 Å². The lowest BCUT2D eigenvalue weighted by molar-refractivity contribution is 0.157. The van der Waals surface area contributed by atoms with E-state index in [1.165, 1.54) is 41.8 Å². The van der Waals surface area contributed by atoms with Crippen LogP contribution < -0.4 is 34.9 Å². The van der Waals surface area contributed by atoms with Gasteiger partial charge in [0.1, 0.15) is 35.9 Å². The van der Waals surface area contributed by atoms with Crippen molar-refractivity contribution >= 4 is 87.1 Å². The third-order valence-electron chi connectivity index (χ3n) is 10.2. The zero-order chi connectivity index (χ0) is 59.7. The van der Waals surface area contributed by atoms with Gasteiger partial charge in [-0.05, 0) is 119 Å². The van der Waals surface area contributed by atoms with Crippen LogP contribution in [0, 0.1) is 23.5 Å². The third-order valence-corrected chi connectivity index (χ3v) is 11.6. The second-order valence-corrected chi connectivity index (χ2v) is 17.6. The van der Waals surface area contributed by atoms with E-state index in [1.807, 2.05) is 0 Å². The number of aromatic nitrogens is 4. The number of fused-ring (bicyclic) bond motifs is 2. The fourth-order valence-electron chi connectivity index (χ4n) is 6.73. The fourth-order valence-corrected chi connectivity index (χ4v) is 7.43. The molecule has 2 saturated heterocycles. The molecule has 2 aliphatic rings. The molecule has 362 valence electrons. The van der Waals surface area contributed by atoms with Gasteiger partial charge in [-0.15, -0.1) is 0 Å². The monoisotopic (exact) mass is 1090 g/mol. The summed E-state index contributed by atoms with van der Waals surface area (Å²) in [5.41, 5.74) is 1.35. The molecule has 6 aromatic rings. The Morgan fingerprint density at radius 2 is 1.16 bits per heavy atom.